The van der Waals surface area contributed by atoms with Crippen LogP contribution in [0.15, 0.2) is 0 Å². The first-order valence-corrected chi connectivity index (χ1v) is 25.6. The minimum atomic E-state index is -1.76. The molecule has 0 aromatic heterocycles. The Balaban J connectivity index is 1.81. The molecule has 0 aromatic rings. The van der Waals surface area contributed by atoms with Gasteiger partial charge in [-0.3, -0.25) is 9.59 Å². The fourth-order valence-electron chi connectivity index (χ4n) is 8.34. The zero-order chi connectivity index (χ0) is 46.8. The summed E-state index contributed by atoms with van der Waals surface area (Å²) in [6, 6.07) is 0. The Hall–Kier alpha value is -1.50. The third-order valence-corrected chi connectivity index (χ3v) is 12.6. The Labute approximate surface area is 385 Å². The molecular formula is C49H92O15. The molecule has 0 radical (unpaired) electrons. The van der Waals surface area contributed by atoms with Crippen LogP contribution in [0.3, 0.4) is 0 Å². The molecule has 11 atom stereocenters. The summed E-state index contributed by atoms with van der Waals surface area (Å²) in [6.45, 7) is 2.62. The molecule has 0 aromatic carbocycles. The average molecular weight is 921 g/mol. The summed E-state index contributed by atoms with van der Waals surface area (Å²) < 4.78 is 33.6. The van der Waals surface area contributed by atoms with E-state index in [0.29, 0.717) is 12.8 Å². The smallest absolute Gasteiger partial charge is 0.306 e. The van der Waals surface area contributed by atoms with Gasteiger partial charge in [-0.05, 0) is 12.8 Å². The van der Waals surface area contributed by atoms with Crippen LogP contribution < -0.4 is 0 Å². The second-order valence-corrected chi connectivity index (χ2v) is 18.4. The maximum atomic E-state index is 13.0. The number of unbranched alkanes of at least 4 members (excludes halogenated alkanes) is 26. The summed E-state index contributed by atoms with van der Waals surface area (Å²) in [6.07, 6.45) is 17.0. The highest BCUT2D eigenvalue weighted by atomic mass is 16.7. The summed E-state index contributed by atoms with van der Waals surface area (Å²) in [5.74, 6) is -0.910. The van der Waals surface area contributed by atoms with Gasteiger partial charge in [-0.15, -0.1) is 0 Å². The van der Waals surface area contributed by atoms with Gasteiger partial charge in [0.25, 0.3) is 0 Å². The molecule has 378 valence electrons. The first-order valence-electron chi connectivity index (χ1n) is 25.6. The second kappa shape index (κ2) is 37.5. The van der Waals surface area contributed by atoms with Crippen LogP contribution in [0, 0.1) is 0 Å². The second-order valence-electron chi connectivity index (χ2n) is 18.4. The minimum Gasteiger partial charge on any atom is -0.462 e. The Morgan fingerprint density at radius 3 is 1.22 bits per heavy atom. The maximum Gasteiger partial charge on any atom is 0.306 e. The molecule has 0 aliphatic carbocycles. The van der Waals surface area contributed by atoms with Crippen molar-refractivity contribution in [3.63, 3.8) is 0 Å². The zero-order valence-corrected chi connectivity index (χ0v) is 39.8. The SMILES string of the molecule is CCCCCCCCCCCCCCCCC(=O)OCC(COC1OC(COC2OC(CO)C(O)C(O)C2O)C(O)C(O)C1O)OC(=O)CCCCCCCCCCCCCCCC. The van der Waals surface area contributed by atoms with E-state index in [9.17, 15) is 45.3 Å². The summed E-state index contributed by atoms with van der Waals surface area (Å²) in [5, 5.41) is 72.0. The van der Waals surface area contributed by atoms with Crippen LogP contribution in [0.1, 0.15) is 206 Å². The molecule has 0 spiro atoms. The Morgan fingerprint density at radius 2 is 0.797 bits per heavy atom. The normalized spacial score (nSPS) is 26.5. The van der Waals surface area contributed by atoms with Crippen molar-refractivity contribution in [3.8, 4) is 0 Å². The topological polar surface area (TPSA) is 231 Å². The van der Waals surface area contributed by atoms with Gasteiger partial charge in [0.1, 0.15) is 55.4 Å². The van der Waals surface area contributed by atoms with Gasteiger partial charge in [-0.25, -0.2) is 0 Å². The first kappa shape index (κ1) is 58.6. The minimum absolute atomic E-state index is 0.173. The molecule has 2 aliphatic rings. The van der Waals surface area contributed by atoms with Gasteiger partial charge >= 0.3 is 11.9 Å². The van der Waals surface area contributed by atoms with E-state index >= 15 is 0 Å². The standard InChI is InChI=1S/C49H92O15/c1-3-5-7-9-11-13-15-17-19-21-23-25-27-29-31-40(51)59-34-37(62-41(52)32-30-28-26-24-22-20-18-16-14-12-10-8-6-4-2)35-60-48-47(58)45(56)43(54)39(64-48)36-61-49-46(57)44(55)42(53)38(33-50)63-49/h37-39,42-50,53-58H,3-36H2,1-2H3. The van der Waals surface area contributed by atoms with Crippen molar-refractivity contribution in [3.05, 3.63) is 0 Å². The quantitative estimate of drug-likeness (QED) is 0.0247. The number of hydrogen-bond donors (Lipinski definition) is 7. The first-order chi connectivity index (χ1) is 31.0. The van der Waals surface area contributed by atoms with E-state index in [4.69, 9.17) is 28.4 Å². The number of hydrogen-bond acceptors (Lipinski definition) is 15. The molecule has 2 rings (SSSR count). The number of aliphatic hydroxyl groups is 7. The molecule has 11 unspecified atom stereocenters. The summed E-state index contributed by atoms with van der Waals surface area (Å²) in [7, 11) is 0. The fraction of sp³-hybridized carbons (Fsp3) is 0.959. The monoisotopic (exact) mass is 921 g/mol. The molecule has 15 nitrogen and oxygen atoms in total. The largest absolute Gasteiger partial charge is 0.462 e. The number of rotatable bonds is 40. The molecular weight excluding hydrogens is 829 g/mol. The van der Waals surface area contributed by atoms with Gasteiger partial charge < -0.3 is 64.2 Å². The maximum absolute atomic E-state index is 13.0. The van der Waals surface area contributed by atoms with Crippen molar-refractivity contribution in [1.29, 1.82) is 0 Å². The molecule has 2 fully saturated rings. The summed E-state index contributed by atoms with van der Waals surface area (Å²) >= 11 is 0. The Bertz CT molecular complexity index is 1130. The Kier molecular flexibility index (Phi) is 34.3. The fourth-order valence-corrected chi connectivity index (χ4v) is 8.34. The molecule has 2 heterocycles. The molecule has 0 saturated carbocycles. The van der Waals surface area contributed by atoms with Gasteiger partial charge in [0.2, 0.25) is 0 Å². The predicted molar refractivity (Wildman–Crippen MR) is 243 cm³/mol. The van der Waals surface area contributed by atoms with E-state index in [2.05, 4.69) is 13.8 Å². The number of carbonyl (C=O) groups is 2. The van der Waals surface area contributed by atoms with Crippen LogP contribution in [0.5, 0.6) is 0 Å². The van der Waals surface area contributed by atoms with Crippen LogP contribution in [0.2, 0.25) is 0 Å². The van der Waals surface area contributed by atoms with Crippen LogP contribution in [-0.2, 0) is 38.0 Å². The van der Waals surface area contributed by atoms with Gasteiger partial charge in [0.05, 0.1) is 19.8 Å². The predicted octanol–water partition coefficient (Wildman–Crippen LogP) is 6.82. The number of ether oxygens (including phenoxy) is 6. The van der Waals surface area contributed by atoms with E-state index in [1.165, 1.54) is 128 Å². The molecule has 0 amide bonds. The molecule has 7 N–H and O–H groups in total. The van der Waals surface area contributed by atoms with Gasteiger partial charge in [0.15, 0.2) is 18.7 Å². The van der Waals surface area contributed by atoms with Crippen LogP contribution in [0.4, 0.5) is 0 Å². The van der Waals surface area contributed by atoms with Gasteiger partial charge in [-0.2, -0.15) is 0 Å². The average Bonchev–Trinajstić information content (AvgIpc) is 3.29. The van der Waals surface area contributed by atoms with E-state index < -0.39 is 92.7 Å². The zero-order valence-electron chi connectivity index (χ0n) is 39.8. The van der Waals surface area contributed by atoms with Crippen molar-refractivity contribution < 1.29 is 73.8 Å². The van der Waals surface area contributed by atoms with Crippen LogP contribution in [-0.4, -0.2) is 142 Å². The lowest BCUT2D eigenvalue weighted by Gasteiger charge is -2.42. The third-order valence-electron chi connectivity index (χ3n) is 12.6. The van der Waals surface area contributed by atoms with Crippen molar-refractivity contribution >= 4 is 11.9 Å². The van der Waals surface area contributed by atoms with Gasteiger partial charge in [-0.1, -0.05) is 181 Å². The molecule has 15 heteroatoms. The third kappa shape index (κ3) is 25.6. The molecule has 2 aliphatic heterocycles. The van der Waals surface area contributed by atoms with E-state index in [0.717, 1.165) is 38.5 Å². The van der Waals surface area contributed by atoms with E-state index in [1.54, 1.807) is 0 Å². The van der Waals surface area contributed by atoms with Crippen molar-refractivity contribution in [2.75, 3.05) is 26.4 Å². The van der Waals surface area contributed by atoms with Crippen LogP contribution >= 0.6 is 0 Å². The lowest BCUT2D eigenvalue weighted by Crippen LogP contribution is -2.61. The highest BCUT2D eigenvalue weighted by molar-refractivity contribution is 5.70. The van der Waals surface area contributed by atoms with E-state index in [-0.39, 0.29) is 26.1 Å². The lowest BCUT2D eigenvalue weighted by atomic mass is 9.98. The lowest BCUT2D eigenvalue weighted by molar-refractivity contribution is -0.332. The Morgan fingerprint density at radius 1 is 0.438 bits per heavy atom. The summed E-state index contributed by atoms with van der Waals surface area (Å²) in [4.78, 5) is 25.7. The highest BCUT2D eigenvalue weighted by Gasteiger charge is 2.47. The molecule has 2 saturated heterocycles. The van der Waals surface area contributed by atoms with Crippen molar-refractivity contribution in [2.45, 2.75) is 274 Å². The molecule has 64 heavy (non-hydrogen) atoms. The highest BCUT2D eigenvalue weighted by Crippen LogP contribution is 2.26. The number of esters is 2. The number of aliphatic hydroxyl groups excluding tert-OH is 7. The van der Waals surface area contributed by atoms with Gasteiger partial charge in [0, 0.05) is 12.8 Å². The van der Waals surface area contributed by atoms with Crippen molar-refractivity contribution in [1.82, 2.24) is 0 Å². The van der Waals surface area contributed by atoms with Crippen LogP contribution in [0.25, 0.3) is 0 Å². The summed E-state index contributed by atoms with van der Waals surface area (Å²) in [5.41, 5.74) is 0. The van der Waals surface area contributed by atoms with Crippen molar-refractivity contribution in [2.24, 2.45) is 0 Å². The number of carbonyl (C=O) groups excluding carboxylic acids is 2. The van der Waals surface area contributed by atoms with E-state index in [1.807, 2.05) is 0 Å². The molecule has 0 bridgehead atoms.